The zero-order chi connectivity index (χ0) is 14.6. The van der Waals surface area contributed by atoms with E-state index in [2.05, 4.69) is 24.1 Å². The fourth-order valence-electron chi connectivity index (χ4n) is 1.98. The molecule has 0 saturated carbocycles. The summed E-state index contributed by atoms with van der Waals surface area (Å²) in [6.45, 7) is 4.87. The highest BCUT2D eigenvalue weighted by molar-refractivity contribution is 6.33. The first-order valence-electron chi connectivity index (χ1n) is 6.32. The van der Waals surface area contributed by atoms with Crippen LogP contribution in [0.5, 0.6) is 0 Å². The SMILES string of the molecule is CC(C)C(CNC(=O)c1ccc(N)c(Cl)c1)N(C)C. The minimum atomic E-state index is -0.130. The largest absolute Gasteiger partial charge is 0.398 e. The third kappa shape index (κ3) is 4.40. The summed E-state index contributed by atoms with van der Waals surface area (Å²) in [6.07, 6.45) is 0. The number of nitrogen functional groups attached to an aromatic ring is 1. The molecule has 3 N–H and O–H groups in total. The van der Waals surface area contributed by atoms with Crippen molar-refractivity contribution in [2.45, 2.75) is 19.9 Å². The van der Waals surface area contributed by atoms with E-state index in [1.165, 1.54) is 0 Å². The Morgan fingerprint density at radius 3 is 2.53 bits per heavy atom. The molecule has 5 heteroatoms. The quantitative estimate of drug-likeness (QED) is 0.815. The monoisotopic (exact) mass is 283 g/mol. The number of amides is 1. The van der Waals surface area contributed by atoms with Crippen molar-refractivity contribution < 1.29 is 4.79 Å². The number of likely N-dealkylation sites (N-methyl/N-ethyl adjacent to an activating group) is 1. The van der Waals surface area contributed by atoms with Gasteiger partial charge in [-0.2, -0.15) is 0 Å². The average Bonchev–Trinajstić information content (AvgIpc) is 2.31. The first-order chi connectivity index (χ1) is 8.82. The summed E-state index contributed by atoms with van der Waals surface area (Å²) in [5, 5.41) is 3.33. The highest BCUT2D eigenvalue weighted by Crippen LogP contribution is 2.19. The molecule has 0 aliphatic carbocycles. The van der Waals surface area contributed by atoms with Crippen LogP contribution in [0.15, 0.2) is 18.2 Å². The van der Waals surface area contributed by atoms with Gasteiger partial charge in [0, 0.05) is 18.2 Å². The Balaban J connectivity index is 2.66. The molecule has 1 amide bonds. The summed E-state index contributed by atoms with van der Waals surface area (Å²) in [4.78, 5) is 14.1. The smallest absolute Gasteiger partial charge is 0.251 e. The maximum atomic E-state index is 12.0. The number of carbonyl (C=O) groups excluding carboxylic acids is 1. The van der Waals surface area contributed by atoms with Gasteiger partial charge in [-0.05, 0) is 38.2 Å². The van der Waals surface area contributed by atoms with Crippen molar-refractivity contribution in [3.63, 3.8) is 0 Å². The van der Waals surface area contributed by atoms with E-state index in [0.29, 0.717) is 34.8 Å². The van der Waals surface area contributed by atoms with Gasteiger partial charge in [0.25, 0.3) is 5.91 Å². The molecule has 1 aromatic rings. The molecule has 106 valence electrons. The van der Waals surface area contributed by atoms with Crippen molar-refractivity contribution >= 4 is 23.2 Å². The van der Waals surface area contributed by atoms with Gasteiger partial charge in [0.15, 0.2) is 0 Å². The molecule has 0 radical (unpaired) electrons. The van der Waals surface area contributed by atoms with E-state index >= 15 is 0 Å². The molecule has 1 unspecified atom stereocenters. The van der Waals surface area contributed by atoms with Gasteiger partial charge in [0.2, 0.25) is 0 Å². The predicted molar refractivity (Wildman–Crippen MR) is 80.5 cm³/mol. The van der Waals surface area contributed by atoms with Crippen molar-refractivity contribution in [1.29, 1.82) is 0 Å². The van der Waals surface area contributed by atoms with Crippen molar-refractivity contribution in [2.24, 2.45) is 5.92 Å². The summed E-state index contributed by atoms with van der Waals surface area (Å²) >= 11 is 5.91. The number of nitrogens with two attached hydrogens (primary N) is 1. The van der Waals surface area contributed by atoms with Crippen LogP contribution in [0.1, 0.15) is 24.2 Å². The summed E-state index contributed by atoms with van der Waals surface area (Å²) in [5.74, 6) is 0.333. The highest BCUT2D eigenvalue weighted by Gasteiger charge is 2.17. The minimum Gasteiger partial charge on any atom is -0.398 e. The molecule has 0 aliphatic heterocycles. The lowest BCUT2D eigenvalue weighted by molar-refractivity contribution is 0.0934. The minimum absolute atomic E-state index is 0.130. The van der Waals surface area contributed by atoms with Gasteiger partial charge >= 0.3 is 0 Å². The van der Waals surface area contributed by atoms with E-state index in [-0.39, 0.29) is 5.91 Å². The second-order valence-electron chi connectivity index (χ2n) is 5.22. The molecule has 0 saturated heterocycles. The average molecular weight is 284 g/mol. The Labute approximate surface area is 119 Å². The maximum Gasteiger partial charge on any atom is 0.251 e. The van der Waals surface area contributed by atoms with E-state index in [0.717, 1.165) is 0 Å². The number of benzene rings is 1. The number of nitrogens with one attached hydrogen (secondary N) is 1. The summed E-state index contributed by atoms with van der Waals surface area (Å²) in [6, 6.07) is 5.21. The van der Waals surface area contributed by atoms with Crippen LogP contribution in [0.3, 0.4) is 0 Å². The molecule has 0 aliphatic rings. The molecule has 0 fully saturated rings. The number of rotatable bonds is 5. The van der Waals surface area contributed by atoms with Gasteiger partial charge in [-0.25, -0.2) is 0 Å². The highest BCUT2D eigenvalue weighted by atomic mass is 35.5. The Morgan fingerprint density at radius 1 is 1.42 bits per heavy atom. The number of halogens is 1. The van der Waals surface area contributed by atoms with Gasteiger partial charge in [-0.1, -0.05) is 25.4 Å². The molecule has 0 spiro atoms. The summed E-state index contributed by atoms with van der Waals surface area (Å²) < 4.78 is 0. The van der Waals surface area contributed by atoms with Gasteiger partial charge < -0.3 is 16.0 Å². The Hall–Kier alpha value is -1.26. The third-order valence-electron chi connectivity index (χ3n) is 3.17. The molecule has 4 nitrogen and oxygen atoms in total. The lowest BCUT2D eigenvalue weighted by Crippen LogP contribution is -2.43. The zero-order valence-corrected chi connectivity index (χ0v) is 12.7. The molecule has 1 atom stereocenters. The number of nitrogens with zero attached hydrogens (tertiary/aromatic N) is 1. The molecule has 1 aromatic carbocycles. The second-order valence-corrected chi connectivity index (χ2v) is 5.63. The van der Waals surface area contributed by atoms with E-state index in [9.17, 15) is 4.79 Å². The Kier molecular flexibility index (Phi) is 5.63. The van der Waals surface area contributed by atoms with E-state index in [1.807, 2.05) is 14.1 Å². The van der Waals surface area contributed by atoms with Gasteiger partial charge in [0.05, 0.1) is 10.7 Å². The number of anilines is 1. The molecule has 1 rings (SSSR count). The van der Waals surface area contributed by atoms with Crippen LogP contribution in [-0.2, 0) is 0 Å². The van der Waals surface area contributed by atoms with Crippen LogP contribution in [-0.4, -0.2) is 37.5 Å². The van der Waals surface area contributed by atoms with Crippen molar-refractivity contribution in [3.05, 3.63) is 28.8 Å². The third-order valence-corrected chi connectivity index (χ3v) is 3.49. The van der Waals surface area contributed by atoms with Crippen molar-refractivity contribution in [1.82, 2.24) is 10.2 Å². The fourth-order valence-corrected chi connectivity index (χ4v) is 2.16. The van der Waals surface area contributed by atoms with E-state index in [1.54, 1.807) is 18.2 Å². The van der Waals surface area contributed by atoms with Gasteiger partial charge in [-0.15, -0.1) is 0 Å². The lowest BCUT2D eigenvalue weighted by Gasteiger charge is -2.28. The van der Waals surface area contributed by atoms with E-state index in [4.69, 9.17) is 17.3 Å². The lowest BCUT2D eigenvalue weighted by atomic mass is 10.0. The molecular weight excluding hydrogens is 262 g/mol. The van der Waals surface area contributed by atoms with E-state index < -0.39 is 0 Å². The first-order valence-corrected chi connectivity index (χ1v) is 6.70. The zero-order valence-electron chi connectivity index (χ0n) is 11.9. The molecule has 0 heterocycles. The van der Waals surface area contributed by atoms with Crippen molar-refractivity contribution in [3.8, 4) is 0 Å². The van der Waals surface area contributed by atoms with Crippen molar-refractivity contribution in [2.75, 3.05) is 26.4 Å². The molecule has 19 heavy (non-hydrogen) atoms. The van der Waals surface area contributed by atoms with Crippen LogP contribution in [0.25, 0.3) is 0 Å². The van der Waals surface area contributed by atoms with Crippen LogP contribution >= 0.6 is 11.6 Å². The van der Waals surface area contributed by atoms with Gasteiger partial charge in [-0.3, -0.25) is 4.79 Å². The number of hydrogen-bond acceptors (Lipinski definition) is 3. The molecule has 0 aromatic heterocycles. The topological polar surface area (TPSA) is 58.4 Å². The molecule has 0 bridgehead atoms. The van der Waals surface area contributed by atoms with Crippen LogP contribution in [0, 0.1) is 5.92 Å². The van der Waals surface area contributed by atoms with Crippen LogP contribution in [0.2, 0.25) is 5.02 Å². The summed E-state index contributed by atoms with van der Waals surface area (Å²) in [7, 11) is 4.02. The van der Waals surface area contributed by atoms with Gasteiger partial charge in [0.1, 0.15) is 0 Å². The standard InChI is InChI=1S/C14H22ClN3O/c1-9(2)13(18(3)4)8-17-14(19)10-5-6-12(16)11(15)7-10/h5-7,9,13H,8,16H2,1-4H3,(H,17,19). The maximum absolute atomic E-state index is 12.0. The van der Waals surface area contributed by atoms with Crippen LogP contribution < -0.4 is 11.1 Å². The predicted octanol–water partition coefficient (Wildman–Crippen LogP) is 2.24. The Bertz CT molecular complexity index is 438. The first kappa shape index (κ1) is 15.8. The second kappa shape index (κ2) is 6.78. The number of carbonyl (C=O) groups is 1. The fraction of sp³-hybridized carbons (Fsp3) is 0.500. The summed E-state index contributed by atoms with van der Waals surface area (Å²) in [5.41, 5.74) is 6.63. The normalized spacial score (nSPS) is 12.8. The number of hydrogen-bond donors (Lipinski definition) is 2. The van der Waals surface area contributed by atoms with Crippen LogP contribution in [0.4, 0.5) is 5.69 Å². The molecular formula is C14H22ClN3O. The Morgan fingerprint density at radius 2 is 2.05 bits per heavy atom.